The van der Waals surface area contributed by atoms with E-state index in [4.69, 9.17) is 4.74 Å². The number of rotatable bonds is 5. The maximum absolute atomic E-state index is 13.7. The summed E-state index contributed by atoms with van der Waals surface area (Å²) in [6, 6.07) is 6.83. The van der Waals surface area contributed by atoms with E-state index in [-0.39, 0.29) is 41.5 Å². The number of hydrogen-bond donors (Lipinski definition) is 1. The van der Waals surface area contributed by atoms with Crippen molar-refractivity contribution in [1.82, 2.24) is 19.6 Å². The number of carbonyl (C=O) groups excluding carboxylic acids is 1. The van der Waals surface area contributed by atoms with Crippen molar-refractivity contribution in [2.75, 3.05) is 0 Å². The molecule has 10 heteroatoms. The Balaban J connectivity index is 1.66. The molecule has 3 heterocycles. The molecule has 2 aliphatic rings. The number of alkyl halides is 3. The van der Waals surface area contributed by atoms with Gasteiger partial charge in [-0.15, -0.1) is 5.10 Å². The summed E-state index contributed by atoms with van der Waals surface area (Å²) in [5.74, 6) is -0.397. The van der Waals surface area contributed by atoms with Gasteiger partial charge in [-0.3, -0.25) is 0 Å². The number of fused-ring (bicyclic) bond motifs is 1. The summed E-state index contributed by atoms with van der Waals surface area (Å²) in [5, 5.41) is 16.2. The third-order valence-corrected chi connectivity index (χ3v) is 7.76. The monoisotopic (exact) mass is 514 g/mol. The van der Waals surface area contributed by atoms with Gasteiger partial charge in [0.05, 0.1) is 16.6 Å². The number of halogens is 3. The number of benzene rings is 1. The van der Waals surface area contributed by atoms with Crippen molar-refractivity contribution < 1.29 is 27.8 Å². The Morgan fingerprint density at radius 2 is 1.89 bits per heavy atom. The second kappa shape index (κ2) is 9.15. The fourth-order valence-electron chi connectivity index (χ4n) is 5.99. The van der Waals surface area contributed by atoms with Crippen LogP contribution in [0.5, 0.6) is 0 Å². The molecule has 0 saturated heterocycles. The van der Waals surface area contributed by atoms with Crippen LogP contribution in [0.2, 0.25) is 0 Å². The minimum Gasteiger partial charge on any atom is -0.511 e. The molecule has 37 heavy (non-hydrogen) atoms. The van der Waals surface area contributed by atoms with E-state index in [0.29, 0.717) is 5.78 Å². The predicted octanol–water partition coefficient (Wildman–Crippen LogP) is 5.58. The second-order valence-electron chi connectivity index (χ2n) is 10.1. The molecule has 1 aromatic carbocycles. The lowest BCUT2D eigenvalue weighted by Gasteiger charge is -2.46. The molecule has 1 N–H and O–H groups in total. The highest BCUT2D eigenvalue weighted by atomic mass is 19.4. The molecule has 1 fully saturated rings. The summed E-state index contributed by atoms with van der Waals surface area (Å²) in [4.78, 5) is 22.1. The van der Waals surface area contributed by atoms with Gasteiger partial charge in [0.15, 0.2) is 5.82 Å². The molecule has 0 spiro atoms. The molecular formula is C27H29F3N4O3. The van der Waals surface area contributed by atoms with Crippen LogP contribution in [-0.2, 0) is 27.5 Å². The first-order chi connectivity index (χ1) is 17.5. The highest BCUT2D eigenvalue weighted by Gasteiger charge is 2.54. The predicted molar refractivity (Wildman–Crippen MR) is 129 cm³/mol. The Labute approximate surface area is 212 Å². The van der Waals surface area contributed by atoms with E-state index in [0.717, 1.165) is 49.2 Å². The van der Waals surface area contributed by atoms with Crippen molar-refractivity contribution in [3.05, 3.63) is 70.0 Å². The fourth-order valence-corrected chi connectivity index (χ4v) is 5.99. The maximum Gasteiger partial charge on any atom is 0.416 e. The van der Waals surface area contributed by atoms with Gasteiger partial charge < -0.3 is 9.84 Å². The van der Waals surface area contributed by atoms with E-state index in [1.165, 1.54) is 6.07 Å². The van der Waals surface area contributed by atoms with E-state index in [9.17, 15) is 23.1 Å². The Morgan fingerprint density at radius 3 is 2.57 bits per heavy atom. The molecule has 1 aliphatic carbocycles. The van der Waals surface area contributed by atoms with Crippen LogP contribution in [0, 0.1) is 19.8 Å². The summed E-state index contributed by atoms with van der Waals surface area (Å²) in [7, 11) is 0. The lowest BCUT2D eigenvalue weighted by atomic mass is 9.65. The SMILES string of the molecule is CCC1(c2cccc(C(F)(F)F)c2)C(O)=C(Cc2nc3nc(C)cc(C)n3n2)C(=O)OC1C1CCCC1. The molecule has 2 atom stereocenters. The zero-order chi connectivity index (χ0) is 26.5. The van der Waals surface area contributed by atoms with Gasteiger partial charge in [0.1, 0.15) is 11.9 Å². The van der Waals surface area contributed by atoms with Crippen LogP contribution in [0.4, 0.5) is 13.2 Å². The zero-order valence-electron chi connectivity index (χ0n) is 21.0. The minimum absolute atomic E-state index is 0.0428. The van der Waals surface area contributed by atoms with Crippen molar-refractivity contribution in [2.45, 2.75) is 77.0 Å². The van der Waals surface area contributed by atoms with Crippen molar-refractivity contribution >= 4 is 11.7 Å². The van der Waals surface area contributed by atoms with E-state index < -0.39 is 29.2 Å². The smallest absolute Gasteiger partial charge is 0.416 e. The number of ether oxygens (including phenoxy) is 1. The molecule has 0 radical (unpaired) electrons. The van der Waals surface area contributed by atoms with E-state index in [2.05, 4.69) is 15.1 Å². The molecule has 2 unspecified atom stereocenters. The summed E-state index contributed by atoms with van der Waals surface area (Å²) in [5.41, 5.74) is -0.327. The third kappa shape index (κ3) is 4.26. The number of aliphatic hydroxyl groups excluding tert-OH is 1. The first-order valence-electron chi connectivity index (χ1n) is 12.6. The average molecular weight is 515 g/mol. The van der Waals surface area contributed by atoms with Gasteiger partial charge in [-0.25, -0.2) is 14.3 Å². The molecule has 0 amide bonds. The number of carbonyl (C=O) groups is 1. The van der Waals surface area contributed by atoms with Crippen LogP contribution in [-0.4, -0.2) is 36.8 Å². The highest BCUT2D eigenvalue weighted by molar-refractivity contribution is 5.91. The molecule has 7 nitrogen and oxygen atoms in total. The zero-order valence-corrected chi connectivity index (χ0v) is 21.0. The first-order valence-corrected chi connectivity index (χ1v) is 12.6. The van der Waals surface area contributed by atoms with Gasteiger partial charge >= 0.3 is 12.1 Å². The van der Waals surface area contributed by atoms with Gasteiger partial charge in [0, 0.05) is 17.8 Å². The van der Waals surface area contributed by atoms with Crippen molar-refractivity contribution in [3.8, 4) is 0 Å². The standard InChI is InChI=1S/C27H29F3N4O3/c1-4-26(18-10-7-11-19(13-18)27(28,29)30)22(35)20(24(36)37-23(26)17-8-5-6-9-17)14-21-32-25-31-15(2)12-16(3)34(25)33-21/h7,10-13,17,23,35H,4-6,8-9,14H2,1-3H3. The minimum atomic E-state index is -4.55. The number of cyclic esters (lactones) is 1. The molecule has 196 valence electrons. The number of hydrogen-bond acceptors (Lipinski definition) is 6. The molecule has 0 bridgehead atoms. The van der Waals surface area contributed by atoms with Gasteiger partial charge in [-0.05, 0) is 56.7 Å². The van der Waals surface area contributed by atoms with Gasteiger partial charge in [-0.2, -0.15) is 18.2 Å². The van der Waals surface area contributed by atoms with E-state index in [1.807, 2.05) is 19.9 Å². The maximum atomic E-state index is 13.7. The number of nitrogens with zero attached hydrogens (tertiary/aromatic N) is 4. The van der Waals surface area contributed by atoms with E-state index >= 15 is 0 Å². The van der Waals surface area contributed by atoms with E-state index in [1.54, 1.807) is 17.5 Å². The normalized spacial score (nSPS) is 23.2. The van der Waals surface area contributed by atoms with Crippen LogP contribution < -0.4 is 0 Å². The third-order valence-electron chi connectivity index (χ3n) is 7.76. The van der Waals surface area contributed by atoms with Gasteiger partial charge in [0.2, 0.25) is 0 Å². The van der Waals surface area contributed by atoms with Gasteiger partial charge in [-0.1, -0.05) is 38.0 Å². The van der Waals surface area contributed by atoms with Crippen LogP contribution in [0.25, 0.3) is 5.78 Å². The number of aliphatic hydroxyl groups is 1. The Kier molecular flexibility index (Phi) is 6.24. The molecule has 1 saturated carbocycles. The molecule has 1 aliphatic heterocycles. The largest absolute Gasteiger partial charge is 0.511 e. The van der Waals surface area contributed by atoms with Crippen molar-refractivity contribution in [1.29, 1.82) is 0 Å². The number of aromatic nitrogens is 4. The molecule has 3 aromatic rings. The Morgan fingerprint density at radius 1 is 1.16 bits per heavy atom. The molecular weight excluding hydrogens is 485 g/mol. The van der Waals surface area contributed by atoms with Crippen LogP contribution in [0.15, 0.2) is 41.7 Å². The van der Waals surface area contributed by atoms with Crippen LogP contribution in [0.3, 0.4) is 0 Å². The summed E-state index contributed by atoms with van der Waals surface area (Å²) in [6.07, 6.45) is -1.78. The summed E-state index contributed by atoms with van der Waals surface area (Å²) in [6.45, 7) is 5.49. The Bertz CT molecular complexity index is 1390. The Hall–Kier alpha value is -3.43. The average Bonchev–Trinajstić information content (AvgIpc) is 3.51. The fraction of sp³-hybridized carbons (Fsp3) is 0.481. The number of aryl methyl sites for hydroxylation is 2. The highest BCUT2D eigenvalue weighted by Crippen LogP contribution is 2.50. The summed E-state index contributed by atoms with van der Waals surface area (Å²) >= 11 is 0. The first kappa shape index (κ1) is 25.2. The lowest BCUT2D eigenvalue weighted by Crippen LogP contribution is -2.52. The van der Waals surface area contributed by atoms with Crippen LogP contribution >= 0.6 is 0 Å². The number of esters is 1. The second-order valence-corrected chi connectivity index (χ2v) is 10.1. The lowest BCUT2D eigenvalue weighted by molar-refractivity contribution is -0.156. The van der Waals surface area contributed by atoms with Crippen molar-refractivity contribution in [3.63, 3.8) is 0 Å². The molecule has 5 rings (SSSR count). The van der Waals surface area contributed by atoms with Gasteiger partial charge in [0.25, 0.3) is 5.78 Å². The van der Waals surface area contributed by atoms with Crippen molar-refractivity contribution in [2.24, 2.45) is 5.92 Å². The summed E-state index contributed by atoms with van der Waals surface area (Å²) < 4.78 is 48.6. The molecule has 2 aromatic heterocycles. The quantitative estimate of drug-likeness (QED) is 0.447. The topological polar surface area (TPSA) is 89.6 Å². The van der Waals surface area contributed by atoms with Crippen LogP contribution in [0.1, 0.15) is 67.4 Å².